The zero-order valence-electron chi connectivity index (χ0n) is 14.0. The summed E-state index contributed by atoms with van der Waals surface area (Å²) in [4.78, 5) is 24.2. The van der Waals surface area contributed by atoms with Crippen molar-refractivity contribution in [2.45, 2.75) is 13.3 Å². The van der Waals surface area contributed by atoms with Crippen LogP contribution in [0.2, 0.25) is 0 Å². The zero-order valence-corrected chi connectivity index (χ0v) is 18.0. The number of hydrogen-bond donors (Lipinski definition) is 3. The Morgan fingerprint density at radius 1 is 1.12 bits per heavy atom. The fourth-order valence-corrected chi connectivity index (χ4v) is 3.54. The van der Waals surface area contributed by atoms with Gasteiger partial charge in [0.15, 0.2) is 0 Å². The Kier molecular flexibility index (Phi) is 7.49. The highest BCUT2D eigenvalue weighted by atomic mass is 79.9. The smallest absolute Gasteiger partial charge is 0.253 e. The van der Waals surface area contributed by atoms with Crippen LogP contribution < -0.4 is 16.4 Å². The summed E-state index contributed by atoms with van der Waals surface area (Å²) in [6.07, 6.45) is 0.812. The third-order valence-electron chi connectivity index (χ3n) is 3.61. The number of anilines is 2. The first kappa shape index (κ1) is 20.7. The van der Waals surface area contributed by atoms with Crippen LogP contribution in [0.1, 0.15) is 23.7 Å². The lowest BCUT2D eigenvalue weighted by molar-refractivity contribution is -0.113. The van der Waals surface area contributed by atoms with E-state index in [4.69, 9.17) is 17.3 Å². The number of amides is 2. The normalized spacial score (nSPS) is 10.5. The molecule has 2 amide bonds. The largest absolute Gasteiger partial charge is 0.397 e. The lowest BCUT2D eigenvalue weighted by Gasteiger charge is -2.14. The molecule has 0 atom stereocenters. The summed E-state index contributed by atoms with van der Waals surface area (Å²) < 4.78 is 1.50. The van der Waals surface area contributed by atoms with E-state index in [-0.39, 0.29) is 17.7 Å². The number of nitrogens with two attached hydrogens (primary N) is 1. The van der Waals surface area contributed by atoms with Gasteiger partial charge in [-0.2, -0.15) is 0 Å². The minimum Gasteiger partial charge on any atom is -0.397 e. The Hall–Kier alpha value is -1.57. The van der Waals surface area contributed by atoms with E-state index < -0.39 is 0 Å². The van der Waals surface area contributed by atoms with Crippen LogP contribution >= 0.6 is 43.5 Å². The summed E-state index contributed by atoms with van der Waals surface area (Å²) in [7, 11) is 0. The van der Waals surface area contributed by atoms with Crippen LogP contribution in [0.3, 0.4) is 0 Å². The summed E-state index contributed by atoms with van der Waals surface area (Å²) in [6.45, 7) is 2.52. The van der Waals surface area contributed by atoms with Gasteiger partial charge in [-0.15, -0.1) is 11.6 Å². The standard InChI is InChI=1S/C18H18Br2ClN3O2/c1-2-5-23-18(26)12-6-10(3-4-15(12)24-16(25)9-21)11-7-13(19)17(22)14(20)8-11/h3-4,6-8H,2,5,9,22H2,1H3,(H,23,26)(H,24,25). The molecule has 0 aliphatic carbocycles. The van der Waals surface area contributed by atoms with Gasteiger partial charge in [0.2, 0.25) is 5.91 Å². The molecule has 0 saturated carbocycles. The molecule has 8 heteroatoms. The molecule has 0 fully saturated rings. The molecular weight excluding hydrogens is 485 g/mol. The molecule has 0 radical (unpaired) electrons. The predicted molar refractivity (Wildman–Crippen MR) is 114 cm³/mol. The quantitative estimate of drug-likeness (QED) is 0.392. The first-order chi connectivity index (χ1) is 12.4. The molecular formula is C18H18Br2ClN3O2. The van der Waals surface area contributed by atoms with E-state index >= 15 is 0 Å². The van der Waals surface area contributed by atoms with Gasteiger partial charge in [0.25, 0.3) is 5.91 Å². The van der Waals surface area contributed by atoms with Crippen LogP contribution in [0.15, 0.2) is 39.3 Å². The lowest BCUT2D eigenvalue weighted by Crippen LogP contribution is -2.26. The van der Waals surface area contributed by atoms with Crippen molar-refractivity contribution >= 4 is 66.6 Å². The molecule has 2 rings (SSSR count). The summed E-state index contributed by atoms with van der Waals surface area (Å²) in [5.74, 6) is -0.815. The average molecular weight is 504 g/mol. The van der Waals surface area contributed by atoms with Gasteiger partial charge in [-0.3, -0.25) is 9.59 Å². The van der Waals surface area contributed by atoms with E-state index in [1.807, 2.05) is 25.1 Å². The van der Waals surface area contributed by atoms with Crippen molar-refractivity contribution in [1.82, 2.24) is 5.32 Å². The van der Waals surface area contributed by atoms with Gasteiger partial charge >= 0.3 is 0 Å². The maximum absolute atomic E-state index is 12.5. The van der Waals surface area contributed by atoms with Crippen LogP contribution in [0.4, 0.5) is 11.4 Å². The average Bonchev–Trinajstić information content (AvgIpc) is 2.63. The van der Waals surface area contributed by atoms with Crippen LogP contribution in [0.25, 0.3) is 11.1 Å². The molecule has 4 N–H and O–H groups in total. The molecule has 2 aromatic rings. The highest BCUT2D eigenvalue weighted by Crippen LogP contribution is 2.35. The van der Waals surface area contributed by atoms with Gasteiger partial charge in [-0.25, -0.2) is 0 Å². The van der Waals surface area contributed by atoms with Crippen molar-refractivity contribution in [1.29, 1.82) is 0 Å². The minimum absolute atomic E-state index is 0.185. The van der Waals surface area contributed by atoms with Crippen molar-refractivity contribution in [3.63, 3.8) is 0 Å². The highest BCUT2D eigenvalue weighted by Gasteiger charge is 2.15. The van der Waals surface area contributed by atoms with Crippen molar-refractivity contribution in [3.8, 4) is 11.1 Å². The SMILES string of the molecule is CCCNC(=O)c1cc(-c2cc(Br)c(N)c(Br)c2)ccc1NC(=O)CCl. The van der Waals surface area contributed by atoms with Gasteiger partial charge in [-0.05, 0) is 73.7 Å². The van der Waals surface area contributed by atoms with Crippen LogP contribution in [0.5, 0.6) is 0 Å². The number of benzene rings is 2. The Bertz CT molecular complexity index is 820. The molecule has 0 heterocycles. The number of alkyl halides is 1. The summed E-state index contributed by atoms with van der Waals surface area (Å²) in [6, 6.07) is 9.00. The van der Waals surface area contributed by atoms with Gasteiger partial charge < -0.3 is 16.4 Å². The van der Waals surface area contributed by atoms with Crippen LogP contribution in [-0.4, -0.2) is 24.2 Å². The molecule has 0 spiro atoms. The number of nitrogens with one attached hydrogen (secondary N) is 2. The third kappa shape index (κ3) is 4.99. The topological polar surface area (TPSA) is 84.2 Å². The maximum atomic E-state index is 12.5. The molecule has 0 bridgehead atoms. The molecule has 0 unspecified atom stereocenters. The van der Waals surface area contributed by atoms with Crippen molar-refractivity contribution in [2.24, 2.45) is 0 Å². The van der Waals surface area contributed by atoms with Gasteiger partial charge in [0, 0.05) is 15.5 Å². The second-order valence-corrected chi connectivity index (χ2v) is 7.53. The summed E-state index contributed by atoms with van der Waals surface area (Å²) in [5.41, 5.74) is 9.02. The molecule has 0 aliphatic rings. The monoisotopic (exact) mass is 501 g/mol. The Morgan fingerprint density at radius 2 is 1.77 bits per heavy atom. The van der Waals surface area contributed by atoms with E-state index in [9.17, 15) is 9.59 Å². The second kappa shape index (κ2) is 9.39. The maximum Gasteiger partial charge on any atom is 0.253 e. The molecule has 26 heavy (non-hydrogen) atoms. The molecule has 2 aromatic carbocycles. The number of halogens is 3. The fourth-order valence-electron chi connectivity index (χ4n) is 2.29. The van der Waals surface area contributed by atoms with Crippen LogP contribution in [0, 0.1) is 0 Å². The Morgan fingerprint density at radius 3 is 2.35 bits per heavy atom. The van der Waals surface area contributed by atoms with E-state index in [1.165, 1.54) is 0 Å². The lowest BCUT2D eigenvalue weighted by atomic mass is 10.0. The molecule has 0 aliphatic heterocycles. The molecule has 138 valence electrons. The number of carbonyl (C=O) groups is 2. The zero-order chi connectivity index (χ0) is 19.3. The van der Waals surface area contributed by atoms with Gasteiger partial charge in [0.05, 0.1) is 16.9 Å². The van der Waals surface area contributed by atoms with Crippen molar-refractivity contribution in [3.05, 3.63) is 44.8 Å². The van der Waals surface area contributed by atoms with Gasteiger partial charge in [-0.1, -0.05) is 13.0 Å². The molecule has 0 saturated heterocycles. The Labute approximate surface area is 173 Å². The highest BCUT2D eigenvalue weighted by molar-refractivity contribution is 9.11. The van der Waals surface area contributed by atoms with Gasteiger partial charge in [0.1, 0.15) is 5.88 Å². The summed E-state index contributed by atoms with van der Waals surface area (Å²) >= 11 is 12.4. The second-order valence-electron chi connectivity index (χ2n) is 5.55. The number of hydrogen-bond acceptors (Lipinski definition) is 3. The number of carbonyl (C=O) groups excluding carboxylic acids is 2. The Balaban J connectivity index is 2.49. The number of nitrogen functional groups attached to an aromatic ring is 1. The van der Waals surface area contributed by atoms with E-state index in [0.29, 0.717) is 23.5 Å². The van der Waals surface area contributed by atoms with Crippen molar-refractivity contribution < 1.29 is 9.59 Å². The predicted octanol–water partition coefficient (Wildman–Crippen LogP) is 4.78. The van der Waals surface area contributed by atoms with E-state index in [1.54, 1.807) is 12.1 Å². The first-order valence-electron chi connectivity index (χ1n) is 7.90. The van der Waals surface area contributed by atoms with E-state index in [0.717, 1.165) is 26.5 Å². The molecule has 5 nitrogen and oxygen atoms in total. The van der Waals surface area contributed by atoms with E-state index in [2.05, 4.69) is 42.5 Å². The summed E-state index contributed by atoms with van der Waals surface area (Å²) in [5, 5.41) is 5.49. The first-order valence-corrected chi connectivity index (χ1v) is 10.0. The fraction of sp³-hybridized carbons (Fsp3) is 0.222. The van der Waals surface area contributed by atoms with Crippen LogP contribution in [-0.2, 0) is 4.79 Å². The third-order valence-corrected chi connectivity index (χ3v) is 5.16. The number of rotatable bonds is 6. The minimum atomic E-state index is -0.373. The molecule has 0 aromatic heterocycles. The van der Waals surface area contributed by atoms with Crippen molar-refractivity contribution in [2.75, 3.05) is 23.5 Å².